The number of benzene rings is 2. The van der Waals surface area contributed by atoms with Crippen LogP contribution in [0.15, 0.2) is 48.5 Å². The minimum atomic E-state index is -0.242. The molecular formula is C25H26N4O4. The fourth-order valence-electron chi connectivity index (χ4n) is 3.90. The third-order valence-corrected chi connectivity index (χ3v) is 6.10. The van der Waals surface area contributed by atoms with Gasteiger partial charge in [0.25, 0.3) is 11.8 Å². The van der Waals surface area contributed by atoms with Crippen LogP contribution in [0.25, 0.3) is 10.9 Å². The largest absolute Gasteiger partial charge is 0.497 e. The first-order valence-corrected chi connectivity index (χ1v) is 11.2. The van der Waals surface area contributed by atoms with E-state index < -0.39 is 0 Å². The first kappa shape index (κ1) is 21.2. The van der Waals surface area contributed by atoms with E-state index in [1.54, 1.807) is 41.2 Å². The van der Waals surface area contributed by atoms with Crippen LogP contribution in [-0.4, -0.2) is 71.5 Å². The highest BCUT2D eigenvalue weighted by atomic mass is 16.5. The van der Waals surface area contributed by atoms with Crippen LogP contribution in [0, 0.1) is 5.92 Å². The number of hydrogen-bond acceptors (Lipinski definition) is 6. The molecular weight excluding hydrogens is 420 g/mol. The lowest BCUT2D eigenvalue weighted by Crippen LogP contribution is -2.50. The highest BCUT2D eigenvalue weighted by molar-refractivity contribution is 5.96. The number of ether oxygens (including phenoxy) is 2. The molecule has 0 spiro atoms. The molecule has 0 N–H and O–H groups in total. The van der Waals surface area contributed by atoms with Crippen molar-refractivity contribution in [2.75, 3.05) is 39.9 Å². The molecule has 1 saturated heterocycles. The maximum Gasteiger partial charge on any atom is 0.291 e. The number of carbonyl (C=O) groups excluding carboxylic acids is 2. The van der Waals surface area contributed by atoms with Crippen molar-refractivity contribution < 1.29 is 19.1 Å². The second-order valence-electron chi connectivity index (χ2n) is 8.44. The molecule has 8 heteroatoms. The number of aromatic nitrogens is 2. The second kappa shape index (κ2) is 9.05. The maximum absolute atomic E-state index is 13.2. The van der Waals surface area contributed by atoms with Gasteiger partial charge in [0.2, 0.25) is 11.7 Å². The van der Waals surface area contributed by atoms with E-state index in [-0.39, 0.29) is 17.6 Å². The molecule has 2 fully saturated rings. The third kappa shape index (κ3) is 4.60. The summed E-state index contributed by atoms with van der Waals surface area (Å²) in [5.41, 5.74) is 1.29. The number of piperazine rings is 1. The molecule has 5 rings (SSSR count). The maximum atomic E-state index is 13.2. The molecule has 2 heterocycles. The second-order valence-corrected chi connectivity index (χ2v) is 8.44. The van der Waals surface area contributed by atoms with Crippen molar-refractivity contribution in [2.45, 2.75) is 12.8 Å². The van der Waals surface area contributed by atoms with Crippen molar-refractivity contribution in [3.8, 4) is 11.6 Å². The lowest BCUT2D eigenvalue weighted by atomic mass is 10.1. The molecule has 1 aliphatic carbocycles. The van der Waals surface area contributed by atoms with Gasteiger partial charge in [-0.1, -0.05) is 12.1 Å². The predicted molar refractivity (Wildman–Crippen MR) is 123 cm³/mol. The molecule has 3 aromatic rings. The summed E-state index contributed by atoms with van der Waals surface area (Å²) in [7, 11) is 1.59. The molecule has 2 aromatic carbocycles. The molecule has 1 aliphatic heterocycles. The molecule has 2 amide bonds. The van der Waals surface area contributed by atoms with E-state index in [0.717, 1.165) is 5.39 Å². The Hall–Kier alpha value is -3.68. The summed E-state index contributed by atoms with van der Waals surface area (Å²) < 4.78 is 11.1. The molecule has 0 atom stereocenters. The number of amides is 2. The summed E-state index contributed by atoms with van der Waals surface area (Å²) in [6.07, 6.45) is 2.35. The van der Waals surface area contributed by atoms with E-state index in [2.05, 4.69) is 9.97 Å². The predicted octanol–water partition coefficient (Wildman–Crippen LogP) is 3.03. The molecule has 0 unspecified atom stereocenters. The van der Waals surface area contributed by atoms with Crippen LogP contribution in [0.1, 0.15) is 33.8 Å². The van der Waals surface area contributed by atoms with Gasteiger partial charge in [0.1, 0.15) is 5.75 Å². The molecule has 0 bridgehead atoms. The van der Waals surface area contributed by atoms with Crippen LogP contribution in [0.3, 0.4) is 0 Å². The number of hydrogen-bond donors (Lipinski definition) is 0. The highest BCUT2D eigenvalue weighted by Gasteiger charge is 2.28. The van der Waals surface area contributed by atoms with Gasteiger partial charge in [-0.2, -0.15) is 4.98 Å². The Morgan fingerprint density at radius 1 is 0.909 bits per heavy atom. The SMILES string of the molecule is COc1ccc(C(=O)N2CCN(C(=O)c3nc(OCC4CC4)c4ccccc4n3)CC2)cc1. The monoisotopic (exact) mass is 446 g/mol. The molecule has 33 heavy (non-hydrogen) atoms. The number of carbonyl (C=O) groups is 2. The van der Waals surface area contributed by atoms with Gasteiger partial charge in [-0.25, -0.2) is 4.98 Å². The standard InChI is InChI=1S/C25H26N4O4/c1-32-19-10-8-18(9-11-19)24(30)28-12-14-29(15-13-28)25(31)22-26-21-5-3-2-4-20(21)23(27-22)33-16-17-6-7-17/h2-5,8-11,17H,6-7,12-16H2,1H3. The molecule has 2 aliphatic rings. The fraction of sp³-hybridized carbons (Fsp3) is 0.360. The topological polar surface area (TPSA) is 84.9 Å². The van der Waals surface area contributed by atoms with Gasteiger partial charge in [-0.05, 0) is 55.2 Å². The van der Waals surface area contributed by atoms with Crippen LogP contribution < -0.4 is 9.47 Å². The van der Waals surface area contributed by atoms with Gasteiger partial charge in [-0.15, -0.1) is 0 Å². The van der Waals surface area contributed by atoms with E-state index in [1.807, 2.05) is 24.3 Å². The molecule has 8 nitrogen and oxygen atoms in total. The number of methoxy groups -OCH3 is 1. The minimum Gasteiger partial charge on any atom is -0.497 e. The van der Waals surface area contributed by atoms with Crippen molar-refractivity contribution in [2.24, 2.45) is 5.92 Å². The van der Waals surface area contributed by atoms with Crippen molar-refractivity contribution in [3.05, 3.63) is 59.9 Å². The highest BCUT2D eigenvalue weighted by Crippen LogP contribution is 2.31. The molecule has 170 valence electrons. The van der Waals surface area contributed by atoms with E-state index in [9.17, 15) is 9.59 Å². The van der Waals surface area contributed by atoms with E-state index >= 15 is 0 Å². The van der Waals surface area contributed by atoms with Crippen molar-refractivity contribution >= 4 is 22.7 Å². The summed E-state index contributed by atoms with van der Waals surface area (Å²) >= 11 is 0. The summed E-state index contributed by atoms with van der Waals surface area (Å²) in [5, 5.41) is 0.810. The first-order valence-electron chi connectivity index (χ1n) is 11.2. The average molecular weight is 447 g/mol. The molecule has 1 saturated carbocycles. The molecule has 1 aromatic heterocycles. The van der Waals surface area contributed by atoms with Gasteiger partial charge in [0.05, 0.1) is 24.6 Å². The lowest BCUT2D eigenvalue weighted by Gasteiger charge is -2.34. The quantitative estimate of drug-likeness (QED) is 0.579. The number of rotatable bonds is 6. The fourth-order valence-corrected chi connectivity index (χ4v) is 3.90. The average Bonchev–Trinajstić information content (AvgIpc) is 3.71. The Kier molecular flexibility index (Phi) is 5.81. The lowest BCUT2D eigenvalue weighted by molar-refractivity contribution is 0.0528. The van der Waals surface area contributed by atoms with E-state index in [0.29, 0.717) is 61.4 Å². The van der Waals surface area contributed by atoms with Gasteiger partial charge in [0, 0.05) is 31.7 Å². The van der Waals surface area contributed by atoms with Gasteiger partial charge < -0.3 is 19.3 Å². The zero-order chi connectivity index (χ0) is 22.8. The third-order valence-electron chi connectivity index (χ3n) is 6.10. The first-order chi connectivity index (χ1) is 16.1. The smallest absolute Gasteiger partial charge is 0.291 e. The van der Waals surface area contributed by atoms with Gasteiger partial charge >= 0.3 is 0 Å². The van der Waals surface area contributed by atoms with Crippen LogP contribution in [-0.2, 0) is 0 Å². The Morgan fingerprint density at radius 2 is 1.58 bits per heavy atom. The van der Waals surface area contributed by atoms with Crippen molar-refractivity contribution in [1.29, 1.82) is 0 Å². The van der Waals surface area contributed by atoms with Crippen LogP contribution >= 0.6 is 0 Å². The minimum absolute atomic E-state index is 0.0533. The van der Waals surface area contributed by atoms with Crippen molar-refractivity contribution in [3.63, 3.8) is 0 Å². The number of fused-ring (bicyclic) bond motifs is 1. The van der Waals surface area contributed by atoms with Gasteiger partial charge in [0.15, 0.2) is 0 Å². The Bertz CT molecular complexity index is 1170. The van der Waals surface area contributed by atoms with Crippen LogP contribution in [0.5, 0.6) is 11.6 Å². The summed E-state index contributed by atoms with van der Waals surface area (Å²) in [6, 6.07) is 14.6. The summed E-state index contributed by atoms with van der Waals surface area (Å²) in [5.74, 6) is 1.58. The molecule has 0 radical (unpaired) electrons. The van der Waals surface area contributed by atoms with Crippen LogP contribution in [0.4, 0.5) is 0 Å². The van der Waals surface area contributed by atoms with E-state index in [1.165, 1.54) is 12.8 Å². The summed E-state index contributed by atoms with van der Waals surface area (Å²) in [6.45, 7) is 2.37. The van der Waals surface area contributed by atoms with E-state index in [4.69, 9.17) is 9.47 Å². The zero-order valence-corrected chi connectivity index (χ0v) is 18.6. The van der Waals surface area contributed by atoms with Crippen LogP contribution in [0.2, 0.25) is 0 Å². The van der Waals surface area contributed by atoms with Crippen molar-refractivity contribution in [1.82, 2.24) is 19.8 Å². The zero-order valence-electron chi connectivity index (χ0n) is 18.6. The summed E-state index contributed by atoms with van der Waals surface area (Å²) in [4.78, 5) is 38.4. The van der Waals surface area contributed by atoms with Gasteiger partial charge in [-0.3, -0.25) is 9.59 Å². The Morgan fingerprint density at radius 3 is 2.24 bits per heavy atom. The Balaban J connectivity index is 1.27. The number of nitrogens with zero attached hydrogens (tertiary/aromatic N) is 4. The normalized spacial score (nSPS) is 16.0. The number of para-hydroxylation sites is 1. The Labute approximate surface area is 192 Å².